The largest absolute Gasteiger partial charge is 0.480 e. The number of hydrogen-bond donors (Lipinski definition) is 2. The molecule has 1 aromatic rings. The molecule has 0 radical (unpaired) electrons. The number of alkyl halides is 3. The van der Waals surface area contributed by atoms with Crippen LogP contribution in [0.3, 0.4) is 0 Å². The van der Waals surface area contributed by atoms with Crippen LogP contribution in [0, 0.1) is 5.92 Å². The lowest BCUT2D eigenvalue weighted by Crippen LogP contribution is -2.40. The summed E-state index contributed by atoms with van der Waals surface area (Å²) in [7, 11) is 0. The Morgan fingerprint density at radius 1 is 1.52 bits per heavy atom. The van der Waals surface area contributed by atoms with Crippen LogP contribution in [0.15, 0.2) is 0 Å². The quantitative estimate of drug-likeness (QED) is 0.853. The normalized spacial score (nSPS) is 19.8. The fraction of sp³-hybridized carbons (Fsp3) is 0.727. The van der Waals surface area contributed by atoms with E-state index in [9.17, 15) is 18.0 Å². The van der Waals surface area contributed by atoms with Gasteiger partial charge in [0.2, 0.25) is 11.0 Å². The van der Waals surface area contributed by atoms with Gasteiger partial charge in [0.1, 0.15) is 0 Å². The molecular weight excluding hydrogens is 309 g/mol. The fourth-order valence-corrected chi connectivity index (χ4v) is 2.97. The van der Waals surface area contributed by atoms with E-state index in [-0.39, 0.29) is 17.6 Å². The van der Waals surface area contributed by atoms with Crippen LogP contribution in [0.1, 0.15) is 18.7 Å². The molecule has 0 amide bonds. The van der Waals surface area contributed by atoms with E-state index in [0.717, 1.165) is 24.4 Å². The zero-order valence-corrected chi connectivity index (χ0v) is 11.9. The highest BCUT2D eigenvalue weighted by Crippen LogP contribution is 2.31. The summed E-state index contributed by atoms with van der Waals surface area (Å²) in [6.07, 6.45) is -2.78. The Hall–Kier alpha value is -1.42. The molecule has 0 aliphatic carbocycles. The van der Waals surface area contributed by atoms with E-state index in [1.807, 2.05) is 0 Å². The lowest BCUT2D eigenvalue weighted by Gasteiger charge is -2.32. The molecule has 1 aromatic heterocycles. The molecule has 0 spiro atoms. The SMILES string of the molecule is O=C(O)CNCC1CCCN(c2nc(C(F)(F)F)ns2)C1. The van der Waals surface area contributed by atoms with Crippen LogP contribution in [0.4, 0.5) is 18.3 Å². The minimum absolute atomic E-state index is 0.118. The first-order valence-electron chi connectivity index (χ1n) is 6.44. The highest BCUT2D eigenvalue weighted by atomic mass is 32.1. The average Bonchev–Trinajstić information content (AvgIpc) is 2.88. The van der Waals surface area contributed by atoms with Gasteiger partial charge in [0.05, 0.1) is 6.54 Å². The van der Waals surface area contributed by atoms with Crippen molar-refractivity contribution in [3.63, 3.8) is 0 Å². The second kappa shape index (κ2) is 6.56. The molecule has 0 saturated carbocycles. The van der Waals surface area contributed by atoms with Crippen LogP contribution in [0.25, 0.3) is 0 Å². The van der Waals surface area contributed by atoms with E-state index in [2.05, 4.69) is 14.7 Å². The number of nitrogens with one attached hydrogen (secondary N) is 1. The van der Waals surface area contributed by atoms with Gasteiger partial charge in [-0.2, -0.15) is 22.5 Å². The van der Waals surface area contributed by atoms with Gasteiger partial charge in [-0.15, -0.1) is 0 Å². The Balaban J connectivity index is 1.91. The Bertz CT molecular complexity index is 494. The van der Waals surface area contributed by atoms with Crippen LogP contribution >= 0.6 is 11.5 Å². The standard InChI is InChI=1S/C11H15F3N4O2S/c12-11(13,14)9-16-10(21-17-9)18-3-1-2-7(6-18)4-15-5-8(19)20/h7,15H,1-6H2,(H,19,20). The van der Waals surface area contributed by atoms with Crippen LogP contribution in [0.2, 0.25) is 0 Å². The molecule has 2 rings (SSSR count). The third-order valence-electron chi connectivity index (χ3n) is 3.17. The predicted octanol–water partition coefficient (Wildman–Crippen LogP) is 1.45. The molecule has 1 atom stereocenters. The van der Waals surface area contributed by atoms with E-state index in [0.29, 0.717) is 19.6 Å². The summed E-state index contributed by atoms with van der Waals surface area (Å²) in [4.78, 5) is 15.8. The number of carbonyl (C=O) groups is 1. The van der Waals surface area contributed by atoms with E-state index >= 15 is 0 Å². The van der Waals surface area contributed by atoms with Gasteiger partial charge in [0.15, 0.2) is 0 Å². The van der Waals surface area contributed by atoms with Crippen molar-refractivity contribution >= 4 is 22.6 Å². The second-order valence-electron chi connectivity index (χ2n) is 4.88. The average molecular weight is 324 g/mol. The van der Waals surface area contributed by atoms with Crippen molar-refractivity contribution in [2.45, 2.75) is 19.0 Å². The van der Waals surface area contributed by atoms with Gasteiger partial charge < -0.3 is 15.3 Å². The minimum atomic E-state index is -4.52. The van der Waals surface area contributed by atoms with Gasteiger partial charge in [0.25, 0.3) is 0 Å². The number of carboxylic acids is 1. The summed E-state index contributed by atoms with van der Waals surface area (Å²) in [5.41, 5.74) is 0. The zero-order chi connectivity index (χ0) is 15.5. The van der Waals surface area contributed by atoms with Crippen LogP contribution in [0.5, 0.6) is 0 Å². The third kappa shape index (κ3) is 4.53. The molecule has 0 aromatic carbocycles. The lowest BCUT2D eigenvalue weighted by atomic mass is 9.98. The molecule has 1 fully saturated rings. The van der Waals surface area contributed by atoms with Crippen LogP contribution < -0.4 is 10.2 Å². The number of anilines is 1. The number of nitrogens with zero attached hydrogens (tertiary/aromatic N) is 3. The summed E-state index contributed by atoms with van der Waals surface area (Å²) in [6.45, 7) is 1.60. The summed E-state index contributed by atoms with van der Waals surface area (Å²) in [6, 6.07) is 0. The Morgan fingerprint density at radius 3 is 2.90 bits per heavy atom. The first-order valence-corrected chi connectivity index (χ1v) is 7.22. The summed E-state index contributed by atoms with van der Waals surface area (Å²) >= 11 is 0.744. The zero-order valence-electron chi connectivity index (χ0n) is 11.1. The Kier molecular flexibility index (Phi) is 4.99. The topological polar surface area (TPSA) is 78.4 Å². The summed E-state index contributed by atoms with van der Waals surface area (Å²) in [5, 5.41) is 11.6. The number of aromatic nitrogens is 2. The van der Waals surface area contributed by atoms with E-state index < -0.39 is 18.0 Å². The molecule has 2 N–H and O–H groups in total. The number of piperidine rings is 1. The Labute approximate surface area is 123 Å². The number of aliphatic carboxylic acids is 1. The van der Waals surface area contributed by atoms with E-state index in [4.69, 9.17) is 5.11 Å². The van der Waals surface area contributed by atoms with Crippen LogP contribution in [-0.2, 0) is 11.0 Å². The van der Waals surface area contributed by atoms with Crippen LogP contribution in [-0.4, -0.2) is 46.6 Å². The highest BCUT2D eigenvalue weighted by molar-refractivity contribution is 7.09. The monoisotopic (exact) mass is 324 g/mol. The molecule has 10 heteroatoms. The van der Waals surface area contributed by atoms with Gasteiger partial charge in [-0.25, -0.2) is 0 Å². The molecule has 1 aliphatic rings. The molecule has 21 heavy (non-hydrogen) atoms. The molecule has 1 aliphatic heterocycles. The summed E-state index contributed by atoms with van der Waals surface area (Å²) < 4.78 is 40.8. The first-order chi connectivity index (χ1) is 9.86. The molecule has 1 unspecified atom stereocenters. The van der Waals surface area contributed by atoms with E-state index in [1.165, 1.54) is 0 Å². The van der Waals surface area contributed by atoms with Gasteiger partial charge in [-0.3, -0.25) is 4.79 Å². The number of rotatable bonds is 5. The number of halogens is 3. The molecule has 1 saturated heterocycles. The van der Waals surface area contributed by atoms with Gasteiger partial charge in [-0.1, -0.05) is 0 Å². The molecule has 0 bridgehead atoms. The first kappa shape index (κ1) is 16.0. The summed E-state index contributed by atoms with van der Waals surface area (Å²) in [5.74, 6) is -1.84. The second-order valence-corrected chi connectivity index (χ2v) is 5.61. The smallest absolute Gasteiger partial charge is 0.452 e. The molecule has 118 valence electrons. The van der Waals surface area contributed by atoms with Crippen molar-refractivity contribution in [2.24, 2.45) is 5.92 Å². The van der Waals surface area contributed by atoms with Crippen molar-refractivity contribution in [3.05, 3.63) is 5.82 Å². The maximum atomic E-state index is 12.5. The maximum absolute atomic E-state index is 12.5. The van der Waals surface area contributed by atoms with Crippen molar-refractivity contribution in [3.8, 4) is 0 Å². The molecule has 6 nitrogen and oxygen atoms in total. The maximum Gasteiger partial charge on any atom is 0.452 e. The number of carboxylic acid groups (broad SMARTS) is 1. The minimum Gasteiger partial charge on any atom is -0.480 e. The lowest BCUT2D eigenvalue weighted by molar-refractivity contribution is -0.144. The molecular formula is C11H15F3N4O2S. The fourth-order valence-electron chi connectivity index (χ4n) is 2.25. The predicted molar refractivity (Wildman–Crippen MR) is 70.4 cm³/mol. The van der Waals surface area contributed by atoms with Crippen molar-refractivity contribution in [1.29, 1.82) is 0 Å². The molecule has 2 heterocycles. The van der Waals surface area contributed by atoms with Crippen molar-refractivity contribution in [2.75, 3.05) is 31.1 Å². The highest BCUT2D eigenvalue weighted by Gasteiger charge is 2.37. The number of hydrogen-bond acceptors (Lipinski definition) is 6. The van der Waals surface area contributed by atoms with Gasteiger partial charge in [-0.05, 0) is 18.8 Å². The van der Waals surface area contributed by atoms with Gasteiger partial charge in [0, 0.05) is 31.2 Å². The van der Waals surface area contributed by atoms with Gasteiger partial charge >= 0.3 is 12.1 Å². The Morgan fingerprint density at radius 2 is 2.29 bits per heavy atom. The third-order valence-corrected chi connectivity index (χ3v) is 3.94. The van der Waals surface area contributed by atoms with E-state index in [1.54, 1.807) is 4.90 Å². The van der Waals surface area contributed by atoms with Crippen molar-refractivity contribution in [1.82, 2.24) is 14.7 Å². The van der Waals surface area contributed by atoms with Crippen molar-refractivity contribution < 1.29 is 23.1 Å².